The van der Waals surface area contributed by atoms with Gasteiger partial charge < -0.3 is 21.1 Å². The first kappa shape index (κ1) is 15.3. The van der Waals surface area contributed by atoms with E-state index in [0.717, 1.165) is 10.1 Å². The van der Waals surface area contributed by atoms with Gasteiger partial charge in [-0.3, -0.25) is 9.59 Å². The Morgan fingerprint density at radius 3 is 2.86 bits per heavy atom. The van der Waals surface area contributed by atoms with Crippen LogP contribution in [0.5, 0.6) is 0 Å². The Bertz CT molecular complexity index is 654. The zero-order valence-corrected chi connectivity index (χ0v) is 12.5. The molecule has 2 aromatic rings. The van der Waals surface area contributed by atoms with Crippen molar-refractivity contribution < 1.29 is 14.3 Å². The number of hydrogen-bond donors (Lipinski definition) is 3. The number of ether oxygens (including phenoxy) is 1. The van der Waals surface area contributed by atoms with Crippen molar-refractivity contribution in [1.82, 2.24) is 10.6 Å². The average Bonchev–Trinajstić information content (AvgIpc) is 2.88. The first-order valence-electron chi connectivity index (χ1n) is 6.43. The summed E-state index contributed by atoms with van der Waals surface area (Å²) in [6, 6.07) is 7.27. The lowest BCUT2D eigenvalue weighted by atomic mass is 10.2. The molecule has 0 aliphatic carbocycles. The third-order valence-corrected chi connectivity index (χ3v) is 3.92. The van der Waals surface area contributed by atoms with Crippen LogP contribution in [0.3, 0.4) is 0 Å². The molecule has 0 spiro atoms. The van der Waals surface area contributed by atoms with E-state index in [0.29, 0.717) is 23.7 Å². The van der Waals surface area contributed by atoms with Crippen molar-refractivity contribution in [1.29, 1.82) is 0 Å². The Morgan fingerprint density at radius 1 is 1.29 bits per heavy atom. The minimum Gasteiger partial charge on any atom is -0.399 e. The van der Waals surface area contributed by atoms with Gasteiger partial charge in [0.1, 0.15) is 0 Å². The molecule has 0 radical (unpaired) electrons. The summed E-state index contributed by atoms with van der Waals surface area (Å²) in [6.07, 6.45) is 0. The monoisotopic (exact) mass is 307 g/mol. The molecule has 0 aliphatic heterocycles. The van der Waals surface area contributed by atoms with Gasteiger partial charge in [0.15, 0.2) is 0 Å². The smallest absolute Gasteiger partial charge is 0.261 e. The summed E-state index contributed by atoms with van der Waals surface area (Å²) in [5.74, 6) is -0.512. The van der Waals surface area contributed by atoms with Crippen LogP contribution in [0.2, 0.25) is 0 Å². The van der Waals surface area contributed by atoms with Crippen LogP contribution in [-0.4, -0.2) is 38.6 Å². The van der Waals surface area contributed by atoms with Crippen molar-refractivity contribution in [2.24, 2.45) is 0 Å². The van der Waals surface area contributed by atoms with Crippen LogP contribution in [0, 0.1) is 0 Å². The van der Waals surface area contributed by atoms with Crippen molar-refractivity contribution in [2.75, 3.05) is 32.5 Å². The first-order chi connectivity index (χ1) is 10.1. The van der Waals surface area contributed by atoms with E-state index in [9.17, 15) is 9.59 Å². The number of amides is 2. The molecule has 1 aromatic heterocycles. The molecule has 2 rings (SSSR count). The molecule has 1 heterocycles. The van der Waals surface area contributed by atoms with Crippen LogP contribution in [0.15, 0.2) is 24.3 Å². The van der Waals surface area contributed by atoms with Crippen LogP contribution < -0.4 is 16.4 Å². The minimum atomic E-state index is -0.267. The molecule has 7 heteroatoms. The highest BCUT2D eigenvalue weighted by atomic mass is 32.1. The molecular formula is C14H17N3O3S. The number of benzene rings is 1. The molecule has 6 nitrogen and oxygen atoms in total. The number of fused-ring (bicyclic) bond motifs is 1. The molecule has 0 atom stereocenters. The fraction of sp³-hybridized carbons (Fsp3) is 0.286. The molecule has 4 N–H and O–H groups in total. The number of nitrogens with one attached hydrogen (secondary N) is 2. The Balaban J connectivity index is 1.91. The normalized spacial score (nSPS) is 10.5. The highest BCUT2D eigenvalue weighted by Gasteiger charge is 2.11. The van der Waals surface area contributed by atoms with Crippen molar-refractivity contribution >= 4 is 38.9 Å². The summed E-state index contributed by atoms with van der Waals surface area (Å²) in [5, 5.41) is 6.15. The van der Waals surface area contributed by atoms with E-state index >= 15 is 0 Å². The molecule has 2 amide bonds. The fourth-order valence-electron chi connectivity index (χ4n) is 1.78. The number of hydrogen-bond acceptors (Lipinski definition) is 5. The van der Waals surface area contributed by atoms with Crippen LogP contribution in [0.4, 0.5) is 5.69 Å². The molecule has 0 saturated carbocycles. The second kappa shape index (κ2) is 7.05. The molecule has 112 valence electrons. The number of carbonyl (C=O) groups is 2. The van der Waals surface area contributed by atoms with E-state index in [1.807, 2.05) is 12.1 Å². The highest BCUT2D eigenvalue weighted by molar-refractivity contribution is 7.20. The maximum atomic E-state index is 12.0. The summed E-state index contributed by atoms with van der Waals surface area (Å²) in [4.78, 5) is 24.0. The lowest BCUT2D eigenvalue weighted by molar-refractivity contribution is -0.120. The summed E-state index contributed by atoms with van der Waals surface area (Å²) >= 11 is 1.37. The van der Waals surface area contributed by atoms with Gasteiger partial charge in [-0.05, 0) is 29.7 Å². The quantitative estimate of drug-likeness (QED) is 0.548. The van der Waals surface area contributed by atoms with E-state index in [-0.39, 0.29) is 18.4 Å². The van der Waals surface area contributed by atoms with E-state index in [4.69, 9.17) is 10.5 Å². The third-order valence-electron chi connectivity index (χ3n) is 2.80. The zero-order chi connectivity index (χ0) is 15.2. The summed E-state index contributed by atoms with van der Waals surface area (Å²) < 4.78 is 5.80. The molecule has 21 heavy (non-hydrogen) atoms. The lowest BCUT2D eigenvalue weighted by Crippen LogP contribution is -2.37. The average molecular weight is 307 g/mol. The molecule has 0 aliphatic rings. The van der Waals surface area contributed by atoms with Gasteiger partial charge in [-0.2, -0.15) is 0 Å². The second-order valence-electron chi connectivity index (χ2n) is 4.43. The van der Waals surface area contributed by atoms with Crippen molar-refractivity contribution in [3.63, 3.8) is 0 Å². The van der Waals surface area contributed by atoms with Gasteiger partial charge in [-0.1, -0.05) is 0 Å². The molecule has 0 fully saturated rings. The van der Waals surface area contributed by atoms with Crippen molar-refractivity contribution in [2.45, 2.75) is 0 Å². The van der Waals surface area contributed by atoms with Crippen LogP contribution in [-0.2, 0) is 9.53 Å². The standard InChI is InChI=1S/C14H17N3O3S/c1-20-5-4-16-13(18)8-17-14(19)12-7-9-6-10(15)2-3-11(9)21-12/h2-3,6-7H,4-5,8,15H2,1H3,(H,16,18)(H,17,19). The summed E-state index contributed by atoms with van der Waals surface area (Å²) in [5.41, 5.74) is 6.36. The minimum absolute atomic E-state index is 0.0566. The summed E-state index contributed by atoms with van der Waals surface area (Å²) in [6.45, 7) is 0.809. The fourth-order valence-corrected chi connectivity index (χ4v) is 2.74. The molecule has 0 unspecified atom stereocenters. The Morgan fingerprint density at radius 2 is 2.10 bits per heavy atom. The van der Waals surface area contributed by atoms with Crippen LogP contribution in [0.25, 0.3) is 10.1 Å². The molecular weight excluding hydrogens is 290 g/mol. The van der Waals surface area contributed by atoms with Gasteiger partial charge in [-0.25, -0.2) is 0 Å². The molecule has 1 aromatic carbocycles. The topological polar surface area (TPSA) is 93.5 Å². The van der Waals surface area contributed by atoms with E-state index in [2.05, 4.69) is 10.6 Å². The first-order valence-corrected chi connectivity index (χ1v) is 7.24. The van der Waals surface area contributed by atoms with Crippen LogP contribution >= 0.6 is 11.3 Å². The Labute approximate surface area is 126 Å². The van der Waals surface area contributed by atoms with Gasteiger partial charge in [0.25, 0.3) is 5.91 Å². The second-order valence-corrected chi connectivity index (χ2v) is 5.52. The largest absolute Gasteiger partial charge is 0.399 e. The van der Waals surface area contributed by atoms with Gasteiger partial charge in [0.05, 0.1) is 18.0 Å². The predicted octanol–water partition coefficient (Wildman–Crippen LogP) is 0.976. The summed E-state index contributed by atoms with van der Waals surface area (Å²) in [7, 11) is 1.56. The zero-order valence-electron chi connectivity index (χ0n) is 11.6. The van der Waals surface area contributed by atoms with Crippen molar-refractivity contribution in [3.05, 3.63) is 29.1 Å². The predicted molar refractivity (Wildman–Crippen MR) is 83.5 cm³/mol. The number of rotatable bonds is 6. The maximum Gasteiger partial charge on any atom is 0.261 e. The lowest BCUT2D eigenvalue weighted by Gasteiger charge is -2.05. The van der Waals surface area contributed by atoms with E-state index < -0.39 is 0 Å². The number of anilines is 1. The van der Waals surface area contributed by atoms with Crippen molar-refractivity contribution in [3.8, 4) is 0 Å². The number of methoxy groups -OCH3 is 1. The highest BCUT2D eigenvalue weighted by Crippen LogP contribution is 2.27. The maximum absolute atomic E-state index is 12.0. The molecule has 0 saturated heterocycles. The van der Waals surface area contributed by atoms with Gasteiger partial charge in [0.2, 0.25) is 5.91 Å². The number of nitrogens with two attached hydrogens (primary N) is 1. The SMILES string of the molecule is COCCNC(=O)CNC(=O)c1cc2cc(N)ccc2s1. The van der Waals surface area contributed by atoms with E-state index in [1.165, 1.54) is 11.3 Å². The van der Waals surface area contributed by atoms with Gasteiger partial charge in [0, 0.05) is 24.0 Å². The number of carbonyl (C=O) groups excluding carboxylic acids is 2. The molecule has 0 bridgehead atoms. The van der Waals surface area contributed by atoms with Gasteiger partial charge >= 0.3 is 0 Å². The number of thiophene rings is 1. The van der Waals surface area contributed by atoms with Gasteiger partial charge in [-0.15, -0.1) is 11.3 Å². The third kappa shape index (κ3) is 4.17. The number of nitrogen functional groups attached to an aromatic ring is 1. The Kier molecular flexibility index (Phi) is 5.13. The van der Waals surface area contributed by atoms with Crippen LogP contribution in [0.1, 0.15) is 9.67 Å². The van der Waals surface area contributed by atoms with E-state index in [1.54, 1.807) is 19.2 Å². The Hall–Kier alpha value is -2.12.